The topological polar surface area (TPSA) is 46.5 Å². The number of benzene rings is 5. The molecule has 5 aromatic carbocycles. The van der Waals surface area contributed by atoms with Crippen molar-refractivity contribution in [2.45, 2.75) is 32.8 Å². The van der Waals surface area contributed by atoms with E-state index in [9.17, 15) is 9.90 Å². The number of aliphatic hydroxyl groups is 1. The van der Waals surface area contributed by atoms with Crippen LogP contribution in [0.25, 0.3) is 11.1 Å². The van der Waals surface area contributed by atoms with Gasteiger partial charge >= 0.3 is 0 Å². The zero-order valence-electron chi connectivity index (χ0n) is 20.8. The Balaban J connectivity index is 1.19. The molecule has 0 radical (unpaired) electrons. The van der Waals surface area contributed by atoms with Gasteiger partial charge in [-0.2, -0.15) is 0 Å². The fourth-order valence-electron chi connectivity index (χ4n) is 3.91. The van der Waals surface area contributed by atoms with Gasteiger partial charge in [0.1, 0.15) is 5.75 Å². The van der Waals surface area contributed by atoms with Crippen LogP contribution in [0.5, 0.6) is 5.75 Å². The maximum absolute atomic E-state index is 12.8. The van der Waals surface area contributed by atoms with Gasteiger partial charge in [0.25, 0.3) is 0 Å². The third-order valence-electron chi connectivity index (χ3n) is 5.80. The molecule has 5 aromatic rings. The van der Waals surface area contributed by atoms with Crippen molar-refractivity contribution in [3.63, 3.8) is 0 Å². The fourth-order valence-corrected chi connectivity index (χ4v) is 5.57. The van der Waals surface area contributed by atoms with Crippen LogP contribution in [0.3, 0.4) is 0 Å². The summed E-state index contributed by atoms with van der Waals surface area (Å²) in [5, 5.41) is 9.32. The molecule has 188 valence electrons. The van der Waals surface area contributed by atoms with Crippen LogP contribution in [-0.4, -0.2) is 17.2 Å². The molecule has 0 aliphatic heterocycles. The van der Waals surface area contributed by atoms with Crippen LogP contribution in [0.2, 0.25) is 0 Å². The number of carbonyl (C=O) groups excluding carboxylic acids is 1. The maximum Gasteiger partial charge on any atom is 0.194 e. The Labute approximate surface area is 231 Å². The number of hydrogen-bond donors (Lipinski definition) is 1. The van der Waals surface area contributed by atoms with Gasteiger partial charge in [0.05, 0.1) is 0 Å². The monoisotopic (exact) mass is 534 g/mol. The maximum atomic E-state index is 12.8. The highest BCUT2D eigenvalue weighted by Gasteiger charge is 2.10. The van der Waals surface area contributed by atoms with Crippen molar-refractivity contribution >= 4 is 29.3 Å². The Kier molecular flexibility index (Phi) is 8.29. The average Bonchev–Trinajstić information content (AvgIpc) is 2.95. The molecule has 0 bridgehead atoms. The van der Waals surface area contributed by atoms with Gasteiger partial charge in [0.2, 0.25) is 0 Å². The van der Waals surface area contributed by atoms with Crippen molar-refractivity contribution in [3.05, 3.63) is 139 Å². The summed E-state index contributed by atoms with van der Waals surface area (Å²) in [6, 6.07) is 42.0. The molecular formula is C33H26O3S2. The highest BCUT2D eigenvalue weighted by Crippen LogP contribution is 2.32. The molecule has 0 aromatic heterocycles. The van der Waals surface area contributed by atoms with Crippen LogP contribution in [-0.2, 0) is 0 Å². The van der Waals surface area contributed by atoms with Crippen LogP contribution in [0.1, 0.15) is 22.8 Å². The minimum absolute atomic E-state index is 0.0531. The standard InChI is InChI=1S/C33H26O3S2/c1-23(34)36-28-15-7-26(8-16-28)33(35)27-13-21-32(22-14-27)38-31-19-11-25(12-20-31)24-9-17-30(18-10-24)37-29-5-3-2-4-6-29/h2-23,34H,1H3. The normalized spacial score (nSPS) is 11.6. The van der Waals surface area contributed by atoms with Crippen molar-refractivity contribution < 1.29 is 14.6 Å². The molecule has 1 unspecified atom stereocenters. The zero-order valence-corrected chi connectivity index (χ0v) is 22.4. The van der Waals surface area contributed by atoms with E-state index in [1.54, 1.807) is 47.8 Å². The van der Waals surface area contributed by atoms with Gasteiger partial charge in [0.15, 0.2) is 12.1 Å². The van der Waals surface area contributed by atoms with E-state index in [1.165, 1.54) is 27.8 Å². The van der Waals surface area contributed by atoms with E-state index in [-0.39, 0.29) is 5.78 Å². The highest BCUT2D eigenvalue weighted by molar-refractivity contribution is 7.99. The first-order valence-corrected chi connectivity index (χ1v) is 13.9. The lowest BCUT2D eigenvalue weighted by molar-refractivity contribution is -0.000293. The first-order valence-electron chi connectivity index (χ1n) is 12.2. The lowest BCUT2D eigenvalue weighted by Gasteiger charge is -2.09. The van der Waals surface area contributed by atoms with Crippen molar-refractivity contribution in [2.24, 2.45) is 0 Å². The Hall–Kier alpha value is -3.77. The lowest BCUT2D eigenvalue weighted by Crippen LogP contribution is -2.09. The van der Waals surface area contributed by atoms with Crippen molar-refractivity contribution in [1.29, 1.82) is 0 Å². The number of hydrogen-bond acceptors (Lipinski definition) is 5. The molecular weight excluding hydrogens is 508 g/mol. The molecule has 3 nitrogen and oxygen atoms in total. The number of carbonyl (C=O) groups is 1. The predicted octanol–water partition coefficient (Wildman–Crippen LogP) is 8.60. The molecule has 0 aliphatic rings. The van der Waals surface area contributed by atoms with E-state index in [2.05, 4.69) is 72.8 Å². The fraction of sp³-hybridized carbons (Fsp3) is 0.0606. The van der Waals surface area contributed by atoms with Gasteiger partial charge < -0.3 is 9.84 Å². The van der Waals surface area contributed by atoms with Crippen LogP contribution in [0.4, 0.5) is 0 Å². The molecule has 0 saturated carbocycles. The Bertz CT molecular complexity index is 1480. The van der Waals surface area contributed by atoms with E-state index in [0.29, 0.717) is 16.9 Å². The summed E-state index contributed by atoms with van der Waals surface area (Å²) in [5.74, 6) is 0.469. The van der Waals surface area contributed by atoms with Gasteiger partial charge in [-0.15, -0.1) is 0 Å². The van der Waals surface area contributed by atoms with E-state index in [1.807, 2.05) is 30.3 Å². The second kappa shape index (κ2) is 12.2. The summed E-state index contributed by atoms with van der Waals surface area (Å²) >= 11 is 3.43. The molecule has 5 heteroatoms. The van der Waals surface area contributed by atoms with Crippen molar-refractivity contribution in [3.8, 4) is 16.9 Å². The van der Waals surface area contributed by atoms with Crippen LogP contribution in [0, 0.1) is 0 Å². The SMILES string of the molecule is CC(O)Oc1ccc(C(=O)c2ccc(Sc3ccc(-c4ccc(Sc5ccccc5)cc4)cc3)cc2)cc1. The van der Waals surface area contributed by atoms with Crippen LogP contribution >= 0.6 is 23.5 Å². The number of ether oxygens (including phenoxy) is 1. The van der Waals surface area contributed by atoms with Gasteiger partial charge in [-0.1, -0.05) is 66.0 Å². The van der Waals surface area contributed by atoms with Crippen LogP contribution < -0.4 is 4.74 Å². The number of ketones is 1. The number of aliphatic hydroxyl groups excluding tert-OH is 1. The zero-order chi connectivity index (χ0) is 26.3. The van der Waals surface area contributed by atoms with E-state index in [0.717, 1.165) is 9.79 Å². The second-order valence-electron chi connectivity index (χ2n) is 8.66. The molecule has 0 saturated heterocycles. The first-order chi connectivity index (χ1) is 18.5. The quantitative estimate of drug-likeness (QED) is 0.152. The van der Waals surface area contributed by atoms with Gasteiger partial charge in [-0.25, -0.2) is 0 Å². The molecule has 1 atom stereocenters. The average molecular weight is 535 g/mol. The highest BCUT2D eigenvalue weighted by atomic mass is 32.2. The van der Waals surface area contributed by atoms with Crippen molar-refractivity contribution in [2.75, 3.05) is 0 Å². The Morgan fingerprint density at radius 3 is 1.42 bits per heavy atom. The third kappa shape index (κ3) is 6.75. The predicted molar refractivity (Wildman–Crippen MR) is 155 cm³/mol. The molecule has 0 heterocycles. The summed E-state index contributed by atoms with van der Waals surface area (Å²) in [5.41, 5.74) is 3.57. The Morgan fingerprint density at radius 2 is 0.974 bits per heavy atom. The molecule has 0 amide bonds. The largest absolute Gasteiger partial charge is 0.465 e. The third-order valence-corrected chi connectivity index (χ3v) is 7.83. The Morgan fingerprint density at radius 1 is 0.579 bits per heavy atom. The molecule has 5 rings (SSSR count). The second-order valence-corrected chi connectivity index (χ2v) is 11.0. The van der Waals surface area contributed by atoms with Gasteiger partial charge in [-0.05, 0) is 103 Å². The minimum atomic E-state index is -0.895. The molecule has 0 spiro atoms. The van der Waals surface area contributed by atoms with Crippen LogP contribution in [0.15, 0.2) is 147 Å². The molecule has 0 fully saturated rings. The summed E-state index contributed by atoms with van der Waals surface area (Å²) in [6.45, 7) is 1.54. The smallest absolute Gasteiger partial charge is 0.194 e. The first kappa shape index (κ1) is 25.9. The molecule has 1 N–H and O–H groups in total. The summed E-state index contributed by atoms with van der Waals surface area (Å²) < 4.78 is 5.22. The van der Waals surface area contributed by atoms with E-state index in [4.69, 9.17) is 4.74 Å². The summed E-state index contributed by atoms with van der Waals surface area (Å²) in [7, 11) is 0. The van der Waals surface area contributed by atoms with Gasteiger partial charge in [0, 0.05) is 30.7 Å². The van der Waals surface area contributed by atoms with Crippen molar-refractivity contribution in [1.82, 2.24) is 0 Å². The van der Waals surface area contributed by atoms with Gasteiger partial charge in [-0.3, -0.25) is 4.79 Å². The lowest BCUT2D eigenvalue weighted by atomic mass is 10.0. The van der Waals surface area contributed by atoms with E-state index < -0.39 is 6.29 Å². The summed E-state index contributed by atoms with van der Waals surface area (Å²) in [6.07, 6.45) is -0.895. The van der Waals surface area contributed by atoms with E-state index >= 15 is 0 Å². The minimum Gasteiger partial charge on any atom is -0.465 e. The summed E-state index contributed by atoms with van der Waals surface area (Å²) in [4.78, 5) is 17.5. The number of rotatable bonds is 9. The molecule has 0 aliphatic carbocycles. The molecule has 38 heavy (non-hydrogen) atoms.